The number of hydrogen-bond donors (Lipinski definition) is 0. The highest BCUT2D eigenvalue weighted by Gasteiger charge is 2.40. The zero-order valence-corrected chi connectivity index (χ0v) is 28.4. The van der Waals surface area contributed by atoms with E-state index >= 15 is 0 Å². The summed E-state index contributed by atoms with van der Waals surface area (Å²) in [6, 6.07) is 13.6. The van der Waals surface area contributed by atoms with Crippen molar-refractivity contribution in [3.8, 4) is 5.75 Å². The number of halogens is 1. The molecule has 0 bridgehead atoms. The van der Waals surface area contributed by atoms with Gasteiger partial charge in [0, 0.05) is 43.4 Å². The molecule has 2 aromatic carbocycles. The summed E-state index contributed by atoms with van der Waals surface area (Å²) >= 11 is 8.11. The Labute approximate surface area is 282 Å². The van der Waals surface area contributed by atoms with Crippen molar-refractivity contribution >= 4 is 35.0 Å². The van der Waals surface area contributed by atoms with Gasteiger partial charge in [-0.3, -0.25) is 0 Å². The maximum Gasteiger partial charge on any atom is 0.337 e. The number of rotatable bonds is 9. The molecule has 244 valence electrons. The van der Waals surface area contributed by atoms with E-state index in [1.165, 1.54) is 37.5 Å². The molecule has 3 aliphatic rings. The van der Waals surface area contributed by atoms with Crippen LogP contribution in [0.3, 0.4) is 0 Å². The van der Waals surface area contributed by atoms with Crippen LogP contribution in [0.1, 0.15) is 66.4 Å². The number of esters is 1. The Hall–Kier alpha value is -3.07. The lowest BCUT2D eigenvalue weighted by molar-refractivity contribution is 0.00349. The van der Waals surface area contributed by atoms with Gasteiger partial charge in [0.2, 0.25) is 0 Å². The molecular weight excluding hydrogens is 618 g/mol. The third kappa shape index (κ3) is 7.89. The summed E-state index contributed by atoms with van der Waals surface area (Å²) < 4.78 is 17.8. The molecule has 0 N–H and O–H groups in total. The standard InChI is InChI=1S/C37H44ClN3O4S/c1-43-35(26-9-7-25(8-10-26)24-46-37-39-17-5-18-40-37)32-15-12-29(32)22-41-19-4-3-6-27-20-31(38)14-11-30(27)23-45-34-16-13-28(21-33(34)41)36(42)44-2/h5,9,11,13-14,16-18,20-21,25,29,32,35H,3-4,6-8,10,12,15,19,22-24H2,1-2H3/t25?,29-,32+,35?/m0/s1. The van der Waals surface area contributed by atoms with Crippen LogP contribution in [0.25, 0.3) is 0 Å². The molecule has 2 heterocycles. The first-order valence-electron chi connectivity index (χ1n) is 16.5. The molecular formula is C37H44ClN3O4S. The van der Waals surface area contributed by atoms with E-state index in [-0.39, 0.29) is 12.1 Å². The quantitative estimate of drug-likeness (QED) is 0.0984. The zero-order chi connectivity index (χ0) is 31.9. The van der Waals surface area contributed by atoms with Crippen LogP contribution in [0, 0.1) is 17.8 Å². The molecule has 2 aliphatic carbocycles. The van der Waals surface area contributed by atoms with E-state index in [1.807, 2.05) is 43.8 Å². The Balaban J connectivity index is 1.17. The first-order valence-corrected chi connectivity index (χ1v) is 17.9. The van der Waals surface area contributed by atoms with E-state index in [9.17, 15) is 4.79 Å². The van der Waals surface area contributed by atoms with Crippen LogP contribution >= 0.6 is 23.4 Å². The van der Waals surface area contributed by atoms with Crippen LogP contribution in [-0.2, 0) is 22.5 Å². The average Bonchev–Trinajstić information content (AvgIpc) is 3.11. The second kappa shape index (κ2) is 15.7. The maximum atomic E-state index is 12.6. The first-order chi connectivity index (χ1) is 22.5. The van der Waals surface area contributed by atoms with Crippen molar-refractivity contribution in [3.05, 3.63) is 88.2 Å². The molecule has 1 aliphatic heterocycles. The molecule has 1 aromatic heterocycles. The number of fused-ring (bicyclic) bond motifs is 2. The summed E-state index contributed by atoms with van der Waals surface area (Å²) in [4.78, 5) is 23.8. The van der Waals surface area contributed by atoms with Crippen molar-refractivity contribution in [1.29, 1.82) is 0 Å². The van der Waals surface area contributed by atoms with Gasteiger partial charge >= 0.3 is 5.97 Å². The zero-order valence-electron chi connectivity index (χ0n) is 26.8. The van der Waals surface area contributed by atoms with Crippen LogP contribution in [0.2, 0.25) is 5.02 Å². The lowest BCUT2D eigenvalue weighted by Gasteiger charge is -2.45. The predicted octanol–water partition coefficient (Wildman–Crippen LogP) is 8.20. The third-order valence-corrected chi connectivity index (χ3v) is 11.2. The number of carbonyl (C=O) groups excluding carboxylic acids is 1. The van der Waals surface area contributed by atoms with Gasteiger partial charge in [-0.2, -0.15) is 0 Å². The normalized spacial score (nSPS) is 22.2. The monoisotopic (exact) mass is 661 g/mol. The first kappa shape index (κ1) is 32.9. The van der Waals surface area contributed by atoms with Gasteiger partial charge in [-0.25, -0.2) is 14.8 Å². The summed E-state index contributed by atoms with van der Waals surface area (Å²) in [6.07, 6.45) is 14.9. The van der Waals surface area contributed by atoms with E-state index in [0.717, 1.165) is 78.1 Å². The number of hydrogen-bond acceptors (Lipinski definition) is 8. The minimum atomic E-state index is -0.338. The fourth-order valence-corrected chi connectivity index (χ4v) is 8.31. The van der Waals surface area contributed by atoms with Gasteiger partial charge in [-0.1, -0.05) is 35.5 Å². The molecule has 7 nitrogen and oxygen atoms in total. The smallest absolute Gasteiger partial charge is 0.337 e. The van der Waals surface area contributed by atoms with Crippen LogP contribution in [0.5, 0.6) is 5.75 Å². The number of aryl methyl sites for hydroxylation is 1. The van der Waals surface area contributed by atoms with Crippen molar-refractivity contribution in [2.24, 2.45) is 17.8 Å². The summed E-state index contributed by atoms with van der Waals surface area (Å²) in [5.41, 5.74) is 5.35. The van der Waals surface area contributed by atoms with Gasteiger partial charge in [-0.15, -0.1) is 0 Å². The lowest BCUT2D eigenvalue weighted by Crippen LogP contribution is -2.45. The molecule has 1 fully saturated rings. The molecule has 4 atom stereocenters. The molecule has 6 rings (SSSR count). The molecule has 3 aromatic rings. The molecule has 2 unspecified atom stereocenters. The van der Waals surface area contributed by atoms with Crippen LogP contribution in [-0.4, -0.2) is 55.1 Å². The largest absolute Gasteiger partial charge is 0.487 e. The topological polar surface area (TPSA) is 73.8 Å². The highest BCUT2D eigenvalue weighted by atomic mass is 35.5. The summed E-state index contributed by atoms with van der Waals surface area (Å²) in [7, 11) is 3.30. The van der Waals surface area contributed by atoms with Crippen LogP contribution in [0.4, 0.5) is 5.69 Å². The number of aromatic nitrogens is 2. The lowest BCUT2D eigenvalue weighted by atomic mass is 9.67. The van der Waals surface area contributed by atoms with Crippen molar-refractivity contribution in [1.82, 2.24) is 9.97 Å². The van der Waals surface area contributed by atoms with E-state index in [4.69, 9.17) is 25.8 Å². The minimum Gasteiger partial charge on any atom is -0.487 e. The van der Waals surface area contributed by atoms with E-state index in [0.29, 0.717) is 29.9 Å². The number of thioether (sulfide) groups is 1. The van der Waals surface area contributed by atoms with Gasteiger partial charge < -0.3 is 19.1 Å². The van der Waals surface area contributed by atoms with E-state index < -0.39 is 0 Å². The molecule has 46 heavy (non-hydrogen) atoms. The van der Waals surface area contributed by atoms with Crippen molar-refractivity contribution in [3.63, 3.8) is 0 Å². The van der Waals surface area contributed by atoms with Crippen molar-refractivity contribution < 1.29 is 19.0 Å². The Morgan fingerprint density at radius 3 is 2.67 bits per heavy atom. The number of ether oxygens (including phenoxy) is 3. The predicted molar refractivity (Wildman–Crippen MR) is 184 cm³/mol. The second-order valence-corrected chi connectivity index (χ2v) is 14.1. The van der Waals surface area contributed by atoms with E-state index in [1.54, 1.807) is 17.8 Å². The SMILES string of the molecule is COC(=O)c1ccc2c(c1)N(C[C@@H]1CC[C@H]1C(OC)C1=CCC(CSc3ncccn3)CC1)CCCCc1cc(Cl)ccc1CO2. The molecule has 1 saturated carbocycles. The molecule has 9 heteroatoms. The van der Waals surface area contributed by atoms with Gasteiger partial charge in [-0.05, 0) is 122 Å². The van der Waals surface area contributed by atoms with Gasteiger partial charge in [0.25, 0.3) is 0 Å². The van der Waals surface area contributed by atoms with Crippen LogP contribution in [0.15, 0.2) is 71.7 Å². The summed E-state index contributed by atoms with van der Waals surface area (Å²) in [5, 5.41) is 1.61. The Kier molecular flexibility index (Phi) is 11.2. The number of methoxy groups -OCH3 is 2. The Morgan fingerprint density at radius 2 is 1.93 bits per heavy atom. The van der Waals surface area contributed by atoms with Crippen molar-refractivity contribution in [2.75, 3.05) is 38.0 Å². The Bertz CT molecular complexity index is 1520. The number of benzene rings is 2. The molecule has 0 spiro atoms. The molecule has 0 radical (unpaired) electrons. The van der Waals surface area contributed by atoms with Gasteiger partial charge in [0.1, 0.15) is 12.4 Å². The third-order valence-electron chi connectivity index (χ3n) is 9.88. The number of nitrogens with zero attached hydrogens (tertiary/aromatic N) is 3. The number of allylic oxidation sites excluding steroid dienone is 1. The van der Waals surface area contributed by atoms with Crippen LogP contribution < -0.4 is 9.64 Å². The fourth-order valence-electron chi connectivity index (χ4n) is 7.16. The van der Waals surface area contributed by atoms with Gasteiger partial charge in [0.15, 0.2) is 5.16 Å². The highest BCUT2D eigenvalue weighted by molar-refractivity contribution is 7.99. The highest BCUT2D eigenvalue weighted by Crippen LogP contribution is 2.44. The fraction of sp³-hybridized carbons (Fsp3) is 0.486. The minimum absolute atomic E-state index is 0.144. The summed E-state index contributed by atoms with van der Waals surface area (Å²) in [6.45, 7) is 2.23. The number of carbonyl (C=O) groups is 1. The molecule has 0 amide bonds. The average molecular weight is 662 g/mol. The van der Waals surface area contributed by atoms with Gasteiger partial charge in [0.05, 0.1) is 24.5 Å². The maximum absolute atomic E-state index is 12.6. The Morgan fingerprint density at radius 1 is 1.07 bits per heavy atom. The van der Waals surface area contributed by atoms with E-state index in [2.05, 4.69) is 33.1 Å². The van der Waals surface area contributed by atoms with Crippen molar-refractivity contribution in [2.45, 2.75) is 69.2 Å². The number of anilines is 1. The summed E-state index contributed by atoms with van der Waals surface area (Å²) in [5.74, 6) is 3.08. The molecule has 0 saturated heterocycles. The second-order valence-electron chi connectivity index (χ2n) is 12.7.